The summed E-state index contributed by atoms with van der Waals surface area (Å²) in [6, 6.07) is 17.4. The third kappa shape index (κ3) is 1.99. The molecule has 4 aromatic rings. The van der Waals surface area contributed by atoms with E-state index in [9.17, 15) is 5.11 Å². The minimum Gasteiger partial charge on any atom is -0.507 e. The van der Waals surface area contributed by atoms with Crippen molar-refractivity contribution in [2.75, 3.05) is 0 Å². The molecule has 2 N–H and O–H groups in total. The zero-order valence-electron chi connectivity index (χ0n) is 11.0. The van der Waals surface area contributed by atoms with Gasteiger partial charge in [0.15, 0.2) is 0 Å². The van der Waals surface area contributed by atoms with E-state index in [4.69, 9.17) is 0 Å². The number of fused-ring (bicyclic) bond motifs is 3. The van der Waals surface area contributed by atoms with Crippen LogP contribution in [0.5, 0.6) is 5.75 Å². The number of aromatic hydroxyl groups is 1. The molecule has 2 aromatic heterocycles. The molecule has 2 aromatic carbocycles. The number of nitrogens with one attached hydrogen (secondary N) is 1. The number of hydrogen-bond acceptors (Lipinski definition) is 2. The lowest BCUT2D eigenvalue weighted by Crippen LogP contribution is -1.85. The van der Waals surface area contributed by atoms with Gasteiger partial charge in [-0.1, -0.05) is 34.1 Å². The van der Waals surface area contributed by atoms with Crippen LogP contribution in [0.15, 0.2) is 59.1 Å². The SMILES string of the molecule is Oc1ccc(Br)cc1-c1ccc2c(n1)[nH]c1ccccc12. The summed E-state index contributed by atoms with van der Waals surface area (Å²) in [5.74, 6) is 0.223. The minimum absolute atomic E-state index is 0.223. The van der Waals surface area contributed by atoms with Crippen molar-refractivity contribution in [2.24, 2.45) is 0 Å². The monoisotopic (exact) mass is 338 g/mol. The Kier molecular flexibility index (Phi) is 2.72. The largest absolute Gasteiger partial charge is 0.507 e. The summed E-state index contributed by atoms with van der Waals surface area (Å²) in [4.78, 5) is 7.97. The lowest BCUT2D eigenvalue weighted by Gasteiger charge is -2.04. The molecule has 0 radical (unpaired) electrons. The molecule has 0 atom stereocenters. The van der Waals surface area contributed by atoms with Crippen molar-refractivity contribution >= 4 is 37.9 Å². The quantitative estimate of drug-likeness (QED) is 0.521. The molecule has 4 heteroatoms. The number of H-pyrrole nitrogens is 1. The maximum Gasteiger partial charge on any atom is 0.139 e. The number of para-hydroxylation sites is 1. The molecule has 0 fully saturated rings. The molecule has 0 amide bonds. The van der Waals surface area contributed by atoms with Gasteiger partial charge in [0.1, 0.15) is 11.4 Å². The van der Waals surface area contributed by atoms with Gasteiger partial charge >= 0.3 is 0 Å². The number of benzene rings is 2. The smallest absolute Gasteiger partial charge is 0.139 e. The second kappa shape index (κ2) is 4.60. The predicted octanol–water partition coefficient (Wildman–Crippen LogP) is 4.85. The maximum atomic E-state index is 10.0. The molecule has 3 nitrogen and oxygen atoms in total. The fraction of sp³-hybridized carbons (Fsp3) is 0. The Morgan fingerprint density at radius 2 is 1.81 bits per heavy atom. The van der Waals surface area contributed by atoms with Crippen molar-refractivity contribution in [1.82, 2.24) is 9.97 Å². The molecule has 0 saturated carbocycles. The van der Waals surface area contributed by atoms with E-state index < -0.39 is 0 Å². The van der Waals surface area contributed by atoms with Crippen LogP contribution in [0.1, 0.15) is 0 Å². The first kappa shape index (κ1) is 12.4. The number of halogens is 1. The van der Waals surface area contributed by atoms with E-state index in [1.807, 2.05) is 36.4 Å². The average molecular weight is 339 g/mol. The first-order valence-corrected chi connectivity index (χ1v) is 7.38. The Morgan fingerprint density at radius 3 is 2.71 bits per heavy atom. The molecular formula is C17H11BrN2O. The van der Waals surface area contributed by atoms with Gasteiger partial charge in [-0.3, -0.25) is 0 Å². The van der Waals surface area contributed by atoms with Crippen LogP contribution in [0.25, 0.3) is 33.2 Å². The van der Waals surface area contributed by atoms with Gasteiger partial charge < -0.3 is 10.1 Å². The average Bonchev–Trinajstić information content (AvgIpc) is 2.87. The molecule has 102 valence electrons. The van der Waals surface area contributed by atoms with Crippen LogP contribution in [0, 0.1) is 0 Å². The molecule has 0 aliphatic rings. The van der Waals surface area contributed by atoms with Crippen LogP contribution in [0.2, 0.25) is 0 Å². The number of pyridine rings is 1. The predicted molar refractivity (Wildman–Crippen MR) is 88.4 cm³/mol. The maximum absolute atomic E-state index is 10.0. The van der Waals surface area contributed by atoms with E-state index in [-0.39, 0.29) is 5.75 Å². The molecule has 4 rings (SSSR count). The summed E-state index contributed by atoms with van der Waals surface area (Å²) in [5.41, 5.74) is 3.35. The number of aromatic amines is 1. The molecule has 21 heavy (non-hydrogen) atoms. The molecule has 0 aliphatic heterocycles. The topological polar surface area (TPSA) is 48.9 Å². The lowest BCUT2D eigenvalue weighted by atomic mass is 10.1. The van der Waals surface area contributed by atoms with Gasteiger partial charge in [-0.2, -0.15) is 0 Å². The molecule has 0 bridgehead atoms. The first-order chi connectivity index (χ1) is 10.2. The standard InChI is InChI=1S/C17H11BrN2O/c18-10-5-8-16(21)13(9-10)15-7-6-12-11-3-1-2-4-14(11)19-17(12)20-15/h1-9,21H,(H,19,20). The second-order valence-electron chi connectivity index (χ2n) is 4.92. The second-order valence-corrected chi connectivity index (χ2v) is 5.84. The van der Waals surface area contributed by atoms with Gasteiger partial charge in [-0.05, 0) is 36.4 Å². The van der Waals surface area contributed by atoms with Crippen LogP contribution in [0.4, 0.5) is 0 Å². The van der Waals surface area contributed by atoms with Crippen LogP contribution in [-0.4, -0.2) is 15.1 Å². The van der Waals surface area contributed by atoms with E-state index >= 15 is 0 Å². The van der Waals surface area contributed by atoms with Crippen molar-refractivity contribution in [3.8, 4) is 17.0 Å². The van der Waals surface area contributed by atoms with Crippen molar-refractivity contribution in [3.05, 3.63) is 59.1 Å². The van der Waals surface area contributed by atoms with Gasteiger partial charge in [-0.25, -0.2) is 4.98 Å². The van der Waals surface area contributed by atoms with E-state index in [2.05, 4.69) is 32.0 Å². The van der Waals surface area contributed by atoms with Crippen LogP contribution in [-0.2, 0) is 0 Å². The fourth-order valence-corrected chi connectivity index (χ4v) is 2.95. The molecular weight excluding hydrogens is 328 g/mol. The van der Waals surface area contributed by atoms with Crippen molar-refractivity contribution in [1.29, 1.82) is 0 Å². The third-order valence-electron chi connectivity index (χ3n) is 3.60. The highest BCUT2D eigenvalue weighted by atomic mass is 79.9. The Morgan fingerprint density at radius 1 is 0.952 bits per heavy atom. The summed E-state index contributed by atoms with van der Waals surface area (Å²) in [6.07, 6.45) is 0. The van der Waals surface area contributed by atoms with E-state index in [0.717, 1.165) is 32.1 Å². The number of phenols is 1. The lowest BCUT2D eigenvalue weighted by molar-refractivity contribution is 0.477. The number of nitrogens with zero attached hydrogens (tertiary/aromatic N) is 1. The Labute approximate surface area is 129 Å². The summed E-state index contributed by atoms with van der Waals surface area (Å²) in [7, 11) is 0. The molecule has 0 aliphatic carbocycles. The van der Waals surface area contributed by atoms with Crippen LogP contribution in [0.3, 0.4) is 0 Å². The molecule has 2 heterocycles. The Hall–Kier alpha value is -2.33. The number of phenolic OH excluding ortho intramolecular Hbond substituents is 1. The number of rotatable bonds is 1. The van der Waals surface area contributed by atoms with Gasteiger partial charge in [0.2, 0.25) is 0 Å². The van der Waals surface area contributed by atoms with Crippen molar-refractivity contribution in [2.45, 2.75) is 0 Å². The highest BCUT2D eigenvalue weighted by Gasteiger charge is 2.10. The van der Waals surface area contributed by atoms with Crippen molar-refractivity contribution < 1.29 is 5.11 Å². The first-order valence-electron chi connectivity index (χ1n) is 6.59. The van der Waals surface area contributed by atoms with Gasteiger partial charge in [0.25, 0.3) is 0 Å². The highest BCUT2D eigenvalue weighted by Crippen LogP contribution is 2.33. The van der Waals surface area contributed by atoms with Crippen molar-refractivity contribution in [3.63, 3.8) is 0 Å². The molecule has 0 spiro atoms. The zero-order valence-corrected chi connectivity index (χ0v) is 12.6. The van der Waals surface area contributed by atoms with E-state index in [0.29, 0.717) is 5.56 Å². The molecule has 0 unspecified atom stereocenters. The summed E-state index contributed by atoms with van der Waals surface area (Å²) >= 11 is 3.42. The van der Waals surface area contributed by atoms with E-state index in [1.54, 1.807) is 12.1 Å². The Balaban J connectivity index is 1.98. The summed E-state index contributed by atoms with van der Waals surface area (Å²) in [5, 5.41) is 12.3. The van der Waals surface area contributed by atoms with Gasteiger partial charge in [-0.15, -0.1) is 0 Å². The zero-order chi connectivity index (χ0) is 14.4. The summed E-state index contributed by atoms with van der Waals surface area (Å²) < 4.78 is 0.911. The molecule has 0 saturated heterocycles. The van der Waals surface area contributed by atoms with Gasteiger partial charge in [0, 0.05) is 26.3 Å². The highest BCUT2D eigenvalue weighted by molar-refractivity contribution is 9.10. The van der Waals surface area contributed by atoms with Crippen LogP contribution < -0.4 is 0 Å². The third-order valence-corrected chi connectivity index (χ3v) is 4.09. The Bertz CT molecular complexity index is 975. The fourth-order valence-electron chi connectivity index (χ4n) is 2.59. The number of aromatic nitrogens is 2. The number of hydrogen-bond donors (Lipinski definition) is 2. The van der Waals surface area contributed by atoms with E-state index in [1.165, 1.54) is 0 Å². The minimum atomic E-state index is 0.223. The van der Waals surface area contributed by atoms with Crippen LogP contribution >= 0.6 is 15.9 Å². The van der Waals surface area contributed by atoms with Gasteiger partial charge in [0.05, 0.1) is 5.69 Å². The normalized spacial score (nSPS) is 11.3. The summed E-state index contributed by atoms with van der Waals surface area (Å²) in [6.45, 7) is 0.